The summed E-state index contributed by atoms with van der Waals surface area (Å²) in [4.78, 5) is -0.565. The van der Waals surface area contributed by atoms with Crippen LogP contribution in [0.1, 0.15) is 34.9 Å². The van der Waals surface area contributed by atoms with Crippen LogP contribution in [0.3, 0.4) is 0 Å². The maximum Gasteiger partial charge on any atom is 0.0944 e. The van der Waals surface area contributed by atoms with Crippen LogP contribution in [0.5, 0.6) is 0 Å². The van der Waals surface area contributed by atoms with Crippen LogP contribution in [0.2, 0.25) is 0 Å². The second-order valence-electron chi connectivity index (χ2n) is 5.95. The molecule has 0 spiro atoms. The molecule has 3 aromatic rings. The van der Waals surface area contributed by atoms with Gasteiger partial charge in [0, 0.05) is 0 Å². The summed E-state index contributed by atoms with van der Waals surface area (Å²) in [6.07, 6.45) is 1.57. The van der Waals surface area contributed by atoms with E-state index in [1.165, 1.54) is 0 Å². The van der Waals surface area contributed by atoms with Crippen LogP contribution >= 0.6 is 23.2 Å². The highest BCUT2D eigenvalue weighted by molar-refractivity contribution is 6.26. The topological polar surface area (TPSA) is 0 Å². The Labute approximate surface area is 154 Å². The largest absolute Gasteiger partial charge is 0.118 e. The lowest BCUT2D eigenvalue weighted by molar-refractivity contribution is 0.598. The second kappa shape index (κ2) is 7.88. The van der Waals surface area contributed by atoms with E-state index in [2.05, 4.69) is 36.4 Å². The Hall–Kier alpha value is -1.76. The van der Waals surface area contributed by atoms with E-state index >= 15 is 0 Å². The third-order valence-electron chi connectivity index (χ3n) is 4.37. The number of hydrogen-bond acceptors (Lipinski definition) is 0. The van der Waals surface area contributed by atoms with Crippen LogP contribution < -0.4 is 0 Å². The molecule has 24 heavy (non-hydrogen) atoms. The zero-order chi connectivity index (χ0) is 16.8. The summed E-state index contributed by atoms with van der Waals surface area (Å²) in [5, 5.41) is -0.0447. The molecule has 0 aromatic heterocycles. The van der Waals surface area contributed by atoms with E-state index < -0.39 is 4.87 Å². The molecule has 0 aliphatic carbocycles. The molecule has 3 rings (SSSR count). The minimum absolute atomic E-state index is 0.0447. The molecular formula is C22H20Cl2. The number of hydrogen-bond donors (Lipinski definition) is 0. The first kappa shape index (κ1) is 17.1. The van der Waals surface area contributed by atoms with Gasteiger partial charge in [-0.05, 0) is 29.5 Å². The van der Waals surface area contributed by atoms with E-state index in [1.807, 2.05) is 54.6 Å². The normalized spacial score (nSPS) is 12.8. The summed E-state index contributed by atoms with van der Waals surface area (Å²) in [6, 6.07) is 30.7. The number of alkyl halides is 2. The molecule has 1 unspecified atom stereocenters. The number of halogens is 2. The van der Waals surface area contributed by atoms with E-state index in [4.69, 9.17) is 23.2 Å². The monoisotopic (exact) mass is 354 g/mol. The SMILES string of the molecule is ClC(CCC(Cl)(c1ccccc1)c1ccccc1)c1ccccc1. The fraction of sp³-hybridized carbons (Fsp3) is 0.182. The third kappa shape index (κ3) is 3.83. The predicted molar refractivity (Wildman–Crippen MR) is 104 cm³/mol. The van der Waals surface area contributed by atoms with E-state index in [9.17, 15) is 0 Å². The fourth-order valence-corrected chi connectivity index (χ4v) is 3.63. The Bertz CT molecular complexity index is 699. The lowest BCUT2D eigenvalue weighted by atomic mass is 9.85. The van der Waals surface area contributed by atoms with Crippen molar-refractivity contribution >= 4 is 23.2 Å². The Kier molecular flexibility index (Phi) is 5.60. The van der Waals surface area contributed by atoms with Crippen molar-refractivity contribution in [2.45, 2.75) is 23.1 Å². The molecule has 2 heteroatoms. The Morgan fingerprint density at radius 1 is 0.667 bits per heavy atom. The molecule has 0 aliphatic rings. The van der Waals surface area contributed by atoms with Crippen molar-refractivity contribution in [2.75, 3.05) is 0 Å². The maximum atomic E-state index is 7.16. The first-order chi connectivity index (χ1) is 11.7. The molecule has 0 saturated carbocycles. The van der Waals surface area contributed by atoms with Gasteiger partial charge in [-0.3, -0.25) is 0 Å². The molecule has 0 aliphatic heterocycles. The van der Waals surface area contributed by atoms with Gasteiger partial charge in [0.2, 0.25) is 0 Å². The Morgan fingerprint density at radius 3 is 1.54 bits per heavy atom. The first-order valence-electron chi connectivity index (χ1n) is 8.19. The molecule has 1 atom stereocenters. The lowest BCUT2D eigenvalue weighted by Crippen LogP contribution is -2.21. The van der Waals surface area contributed by atoms with Gasteiger partial charge in [-0.15, -0.1) is 23.2 Å². The Balaban J connectivity index is 1.86. The molecule has 0 saturated heterocycles. The smallest absolute Gasteiger partial charge is 0.0944 e. The van der Waals surface area contributed by atoms with Crippen molar-refractivity contribution in [2.24, 2.45) is 0 Å². The lowest BCUT2D eigenvalue weighted by Gasteiger charge is -2.29. The summed E-state index contributed by atoms with van der Waals surface area (Å²) in [7, 11) is 0. The van der Waals surface area contributed by atoms with E-state index in [-0.39, 0.29) is 5.38 Å². The molecule has 3 aromatic carbocycles. The van der Waals surface area contributed by atoms with Crippen LogP contribution in [-0.4, -0.2) is 0 Å². The zero-order valence-corrected chi connectivity index (χ0v) is 14.9. The first-order valence-corrected chi connectivity index (χ1v) is 9.00. The third-order valence-corrected chi connectivity index (χ3v) is 5.46. The van der Waals surface area contributed by atoms with Gasteiger partial charge >= 0.3 is 0 Å². The van der Waals surface area contributed by atoms with Gasteiger partial charge in [-0.1, -0.05) is 91.0 Å². The van der Waals surface area contributed by atoms with Crippen LogP contribution in [0.15, 0.2) is 91.0 Å². The fourth-order valence-electron chi connectivity index (χ4n) is 3.01. The van der Waals surface area contributed by atoms with Gasteiger partial charge in [0.25, 0.3) is 0 Å². The summed E-state index contributed by atoms with van der Waals surface area (Å²) >= 11 is 13.8. The van der Waals surface area contributed by atoms with Crippen molar-refractivity contribution < 1.29 is 0 Å². The summed E-state index contributed by atoms with van der Waals surface area (Å²) in [5.74, 6) is 0. The maximum absolute atomic E-state index is 7.16. The molecule has 0 N–H and O–H groups in total. The Morgan fingerprint density at radius 2 is 1.08 bits per heavy atom. The van der Waals surface area contributed by atoms with Crippen LogP contribution in [0.4, 0.5) is 0 Å². The molecule has 0 bridgehead atoms. The van der Waals surface area contributed by atoms with Gasteiger partial charge in [-0.25, -0.2) is 0 Å². The van der Waals surface area contributed by atoms with Crippen molar-refractivity contribution in [1.82, 2.24) is 0 Å². The minimum atomic E-state index is -0.565. The van der Waals surface area contributed by atoms with Crippen molar-refractivity contribution in [3.05, 3.63) is 108 Å². The van der Waals surface area contributed by atoms with Crippen LogP contribution in [-0.2, 0) is 4.87 Å². The van der Waals surface area contributed by atoms with Gasteiger partial charge in [0.1, 0.15) is 0 Å². The highest BCUT2D eigenvalue weighted by Gasteiger charge is 2.32. The van der Waals surface area contributed by atoms with E-state index in [0.717, 1.165) is 29.5 Å². The van der Waals surface area contributed by atoms with Gasteiger partial charge in [0.05, 0.1) is 10.3 Å². The predicted octanol–water partition coefficient (Wildman–Crippen LogP) is 6.93. The highest BCUT2D eigenvalue weighted by Crippen LogP contribution is 2.43. The van der Waals surface area contributed by atoms with Crippen molar-refractivity contribution in [1.29, 1.82) is 0 Å². The van der Waals surface area contributed by atoms with Crippen molar-refractivity contribution in [3.63, 3.8) is 0 Å². The average molecular weight is 355 g/mol. The van der Waals surface area contributed by atoms with Crippen LogP contribution in [0.25, 0.3) is 0 Å². The number of rotatable bonds is 6. The number of benzene rings is 3. The molecular weight excluding hydrogens is 335 g/mol. The molecule has 0 amide bonds. The molecule has 0 fully saturated rings. The van der Waals surface area contributed by atoms with Crippen LogP contribution in [0, 0.1) is 0 Å². The standard InChI is InChI=1S/C22H20Cl2/c23-21(18-10-4-1-5-11-18)16-17-22(24,19-12-6-2-7-13-19)20-14-8-3-9-15-20/h1-15,21H,16-17H2. The molecule has 0 heterocycles. The summed E-state index contributed by atoms with van der Waals surface area (Å²) < 4.78 is 0. The van der Waals surface area contributed by atoms with Gasteiger partial charge < -0.3 is 0 Å². The highest BCUT2D eigenvalue weighted by atomic mass is 35.5. The van der Waals surface area contributed by atoms with Gasteiger partial charge in [0.15, 0.2) is 0 Å². The minimum Gasteiger partial charge on any atom is -0.118 e. The summed E-state index contributed by atoms with van der Waals surface area (Å²) in [6.45, 7) is 0. The molecule has 122 valence electrons. The summed E-state index contributed by atoms with van der Waals surface area (Å²) in [5.41, 5.74) is 3.35. The second-order valence-corrected chi connectivity index (χ2v) is 7.12. The van der Waals surface area contributed by atoms with E-state index in [0.29, 0.717) is 0 Å². The zero-order valence-electron chi connectivity index (χ0n) is 13.4. The average Bonchev–Trinajstić information content (AvgIpc) is 2.68. The quantitative estimate of drug-likeness (QED) is 0.421. The molecule has 0 nitrogen and oxygen atoms in total. The molecule has 0 radical (unpaired) electrons. The van der Waals surface area contributed by atoms with E-state index in [1.54, 1.807) is 0 Å². The van der Waals surface area contributed by atoms with Crippen molar-refractivity contribution in [3.8, 4) is 0 Å². The van der Waals surface area contributed by atoms with Gasteiger partial charge in [-0.2, -0.15) is 0 Å².